The molecule has 2 atom stereocenters. The molecule has 1 saturated heterocycles. The summed E-state index contributed by atoms with van der Waals surface area (Å²) < 4.78 is 17.5. The van der Waals surface area contributed by atoms with E-state index in [4.69, 9.17) is 14.2 Å². The summed E-state index contributed by atoms with van der Waals surface area (Å²) in [6.45, 7) is 1.61. The number of amides is 1. The van der Waals surface area contributed by atoms with Gasteiger partial charge in [-0.2, -0.15) is 0 Å². The van der Waals surface area contributed by atoms with Gasteiger partial charge in [-0.25, -0.2) is 0 Å². The van der Waals surface area contributed by atoms with Gasteiger partial charge < -0.3 is 19.1 Å². The number of benzene rings is 2. The van der Waals surface area contributed by atoms with Gasteiger partial charge in [-0.1, -0.05) is 42.5 Å². The molecule has 5 nitrogen and oxygen atoms in total. The van der Waals surface area contributed by atoms with E-state index in [-0.39, 0.29) is 12.2 Å². The highest BCUT2D eigenvalue weighted by Crippen LogP contribution is 2.33. The molecule has 0 N–H and O–H groups in total. The Morgan fingerprint density at radius 1 is 1.12 bits per heavy atom. The molecule has 1 aliphatic heterocycles. The second-order valence-electron chi connectivity index (χ2n) is 5.61. The summed E-state index contributed by atoms with van der Waals surface area (Å²) in [5.74, 6) is 1.32. The molecule has 0 saturated carbocycles. The Balaban J connectivity index is 1.89. The maximum Gasteiger partial charge on any atom is 0.209 e. The molecule has 0 spiro atoms. The zero-order valence-corrected chi connectivity index (χ0v) is 13.6. The van der Waals surface area contributed by atoms with Crippen molar-refractivity contribution in [2.24, 2.45) is 0 Å². The first-order valence-electron chi connectivity index (χ1n) is 7.97. The minimum absolute atomic E-state index is 0.240. The molecule has 126 valence electrons. The number of carbonyl (C=O) groups excluding carboxylic acids is 1. The first-order valence-corrected chi connectivity index (χ1v) is 7.97. The van der Waals surface area contributed by atoms with Gasteiger partial charge in [0.25, 0.3) is 0 Å². The topological polar surface area (TPSA) is 48.0 Å². The number of nitrogens with zero attached hydrogens (tertiary/aromatic N) is 1. The molecule has 1 heterocycles. The average Bonchev–Trinajstić information content (AvgIpc) is 2.67. The fourth-order valence-electron chi connectivity index (χ4n) is 2.83. The molecule has 1 fully saturated rings. The van der Waals surface area contributed by atoms with Crippen molar-refractivity contribution in [2.75, 3.05) is 26.8 Å². The molecular formula is C19H21NO4. The van der Waals surface area contributed by atoms with E-state index in [0.29, 0.717) is 31.2 Å². The van der Waals surface area contributed by atoms with Crippen LogP contribution in [0.4, 0.5) is 0 Å². The van der Waals surface area contributed by atoms with Gasteiger partial charge >= 0.3 is 0 Å². The predicted octanol–water partition coefficient (Wildman–Crippen LogP) is 2.67. The second-order valence-corrected chi connectivity index (χ2v) is 5.61. The minimum Gasteiger partial charge on any atom is -0.493 e. The molecule has 1 amide bonds. The van der Waals surface area contributed by atoms with E-state index >= 15 is 0 Å². The van der Waals surface area contributed by atoms with Crippen LogP contribution in [0.25, 0.3) is 0 Å². The van der Waals surface area contributed by atoms with Crippen molar-refractivity contribution in [1.82, 2.24) is 4.90 Å². The van der Waals surface area contributed by atoms with E-state index in [1.54, 1.807) is 12.0 Å². The first kappa shape index (κ1) is 16.3. The van der Waals surface area contributed by atoms with Crippen LogP contribution in [0, 0.1) is 0 Å². The first-order chi connectivity index (χ1) is 11.8. The van der Waals surface area contributed by atoms with E-state index in [2.05, 4.69) is 0 Å². The molecule has 2 aromatic carbocycles. The Labute approximate surface area is 141 Å². The van der Waals surface area contributed by atoms with Crippen LogP contribution < -0.4 is 9.47 Å². The summed E-state index contributed by atoms with van der Waals surface area (Å²) in [4.78, 5) is 12.9. The van der Waals surface area contributed by atoms with Crippen LogP contribution in [0.15, 0.2) is 54.6 Å². The lowest BCUT2D eigenvalue weighted by atomic mass is 10.0. The summed E-state index contributed by atoms with van der Waals surface area (Å²) >= 11 is 0. The van der Waals surface area contributed by atoms with Crippen LogP contribution in [0.2, 0.25) is 0 Å². The molecule has 0 bridgehead atoms. The Kier molecular flexibility index (Phi) is 5.33. The summed E-state index contributed by atoms with van der Waals surface area (Å²) in [6, 6.07) is 17.4. The molecule has 3 rings (SSSR count). The van der Waals surface area contributed by atoms with Crippen molar-refractivity contribution < 1.29 is 19.0 Å². The lowest BCUT2D eigenvalue weighted by molar-refractivity contribution is -0.130. The van der Waals surface area contributed by atoms with Crippen molar-refractivity contribution in [3.63, 3.8) is 0 Å². The van der Waals surface area contributed by atoms with Crippen LogP contribution >= 0.6 is 0 Å². The number of methoxy groups -OCH3 is 1. The number of ether oxygens (including phenoxy) is 3. The minimum atomic E-state index is -0.328. The zero-order valence-electron chi connectivity index (χ0n) is 13.6. The number of para-hydroxylation sites is 2. The maximum atomic E-state index is 11.1. The SMILES string of the molecule is COc1ccccc1OC(c1ccccc1)C1CN(C=O)CCO1. The Morgan fingerprint density at radius 3 is 2.54 bits per heavy atom. The second kappa shape index (κ2) is 7.84. The van der Waals surface area contributed by atoms with Crippen LogP contribution in [0.3, 0.4) is 0 Å². The van der Waals surface area contributed by atoms with Crippen molar-refractivity contribution in [2.45, 2.75) is 12.2 Å². The number of morpholine rings is 1. The molecular weight excluding hydrogens is 306 g/mol. The van der Waals surface area contributed by atoms with Gasteiger partial charge in [0.1, 0.15) is 6.10 Å². The van der Waals surface area contributed by atoms with Gasteiger partial charge in [-0.15, -0.1) is 0 Å². The average molecular weight is 327 g/mol. The van der Waals surface area contributed by atoms with Gasteiger partial charge in [0, 0.05) is 6.54 Å². The van der Waals surface area contributed by atoms with E-state index < -0.39 is 0 Å². The maximum absolute atomic E-state index is 11.1. The van der Waals surface area contributed by atoms with Gasteiger partial charge in [0.15, 0.2) is 17.6 Å². The van der Waals surface area contributed by atoms with E-state index in [9.17, 15) is 4.79 Å². The molecule has 1 aliphatic rings. The summed E-state index contributed by atoms with van der Waals surface area (Å²) in [7, 11) is 1.62. The van der Waals surface area contributed by atoms with Crippen LogP contribution in [-0.2, 0) is 9.53 Å². The third-order valence-electron chi connectivity index (χ3n) is 4.06. The van der Waals surface area contributed by atoms with Gasteiger partial charge in [-0.05, 0) is 17.7 Å². The largest absolute Gasteiger partial charge is 0.493 e. The lowest BCUT2D eigenvalue weighted by Crippen LogP contribution is -2.45. The van der Waals surface area contributed by atoms with Gasteiger partial charge in [0.05, 0.1) is 20.3 Å². The summed E-state index contributed by atoms with van der Waals surface area (Å²) in [5.41, 5.74) is 1.00. The highest BCUT2D eigenvalue weighted by Gasteiger charge is 2.31. The number of rotatable bonds is 6. The summed E-state index contributed by atoms with van der Waals surface area (Å²) in [5, 5.41) is 0. The van der Waals surface area contributed by atoms with Crippen LogP contribution in [-0.4, -0.2) is 44.2 Å². The zero-order chi connectivity index (χ0) is 16.8. The number of hydrogen-bond acceptors (Lipinski definition) is 4. The van der Waals surface area contributed by atoms with Gasteiger partial charge in [0.2, 0.25) is 6.41 Å². The highest BCUT2D eigenvalue weighted by molar-refractivity contribution is 5.47. The third kappa shape index (κ3) is 3.68. The highest BCUT2D eigenvalue weighted by atomic mass is 16.6. The van der Waals surface area contributed by atoms with E-state index in [1.807, 2.05) is 54.6 Å². The smallest absolute Gasteiger partial charge is 0.209 e. The fourth-order valence-corrected chi connectivity index (χ4v) is 2.83. The standard InChI is InChI=1S/C19H21NO4/c1-22-16-9-5-6-10-17(16)24-19(15-7-3-2-4-8-15)18-13-20(14-21)11-12-23-18/h2-10,14,18-19H,11-13H2,1H3. The molecule has 0 radical (unpaired) electrons. The van der Waals surface area contributed by atoms with Crippen molar-refractivity contribution in [3.05, 3.63) is 60.2 Å². The fraction of sp³-hybridized carbons (Fsp3) is 0.316. The van der Waals surface area contributed by atoms with Crippen molar-refractivity contribution >= 4 is 6.41 Å². The predicted molar refractivity (Wildman–Crippen MR) is 90.2 cm³/mol. The Bertz CT molecular complexity index is 661. The summed E-state index contributed by atoms with van der Waals surface area (Å²) in [6.07, 6.45) is 0.294. The van der Waals surface area contributed by atoms with E-state index in [1.165, 1.54) is 0 Å². The Morgan fingerprint density at radius 2 is 1.83 bits per heavy atom. The molecule has 0 aromatic heterocycles. The third-order valence-corrected chi connectivity index (χ3v) is 4.06. The molecule has 2 unspecified atom stereocenters. The van der Waals surface area contributed by atoms with Crippen LogP contribution in [0.1, 0.15) is 11.7 Å². The quantitative estimate of drug-likeness (QED) is 0.766. The molecule has 2 aromatic rings. The van der Waals surface area contributed by atoms with E-state index in [0.717, 1.165) is 12.0 Å². The number of hydrogen-bond donors (Lipinski definition) is 0. The van der Waals surface area contributed by atoms with Gasteiger partial charge in [-0.3, -0.25) is 4.79 Å². The monoisotopic (exact) mass is 327 g/mol. The molecule has 0 aliphatic carbocycles. The molecule has 5 heteroatoms. The Hall–Kier alpha value is -2.53. The van der Waals surface area contributed by atoms with Crippen molar-refractivity contribution in [3.8, 4) is 11.5 Å². The molecule has 24 heavy (non-hydrogen) atoms. The lowest BCUT2D eigenvalue weighted by Gasteiger charge is -2.35. The van der Waals surface area contributed by atoms with Crippen LogP contribution in [0.5, 0.6) is 11.5 Å². The number of carbonyl (C=O) groups is 1. The van der Waals surface area contributed by atoms with Crippen molar-refractivity contribution in [1.29, 1.82) is 0 Å². The normalized spacial score (nSPS) is 18.7.